The molecule has 5 nitrogen and oxygen atoms in total. The van der Waals surface area contributed by atoms with Gasteiger partial charge in [-0.3, -0.25) is 9.59 Å². The van der Waals surface area contributed by atoms with Crippen molar-refractivity contribution in [1.82, 2.24) is 10.2 Å². The molecule has 1 atom stereocenters. The van der Waals surface area contributed by atoms with Crippen molar-refractivity contribution in [2.75, 3.05) is 19.4 Å². The maximum absolute atomic E-state index is 13.1. The van der Waals surface area contributed by atoms with Gasteiger partial charge in [-0.1, -0.05) is 55.2 Å². The van der Waals surface area contributed by atoms with Crippen LogP contribution in [0.4, 0.5) is 0 Å². The Morgan fingerprint density at radius 1 is 1.09 bits per heavy atom. The van der Waals surface area contributed by atoms with Crippen LogP contribution in [0.1, 0.15) is 31.9 Å². The van der Waals surface area contributed by atoms with E-state index >= 15 is 0 Å². The van der Waals surface area contributed by atoms with Crippen molar-refractivity contribution in [3.05, 3.63) is 63.6 Å². The van der Waals surface area contributed by atoms with Crippen LogP contribution in [-0.2, 0) is 21.9 Å². The third kappa shape index (κ3) is 8.23. The number of benzene rings is 2. The second-order valence-corrected chi connectivity index (χ2v) is 9.74. The van der Waals surface area contributed by atoms with Crippen molar-refractivity contribution in [2.24, 2.45) is 5.92 Å². The van der Waals surface area contributed by atoms with Crippen LogP contribution in [0.25, 0.3) is 0 Å². The van der Waals surface area contributed by atoms with Crippen LogP contribution < -0.4 is 10.1 Å². The van der Waals surface area contributed by atoms with Gasteiger partial charge >= 0.3 is 0 Å². The number of carbonyl (C=O) groups is 2. The van der Waals surface area contributed by atoms with Gasteiger partial charge in [-0.25, -0.2) is 0 Å². The van der Waals surface area contributed by atoms with E-state index in [1.54, 1.807) is 31.1 Å². The monoisotopic (exact) mass is 496 g/mol. The fourth-order valence-electron chi connectivity index (χ4n) is 2.93. The fourth-order valence-corrected chi connectivity index (χ4v) is 4.40. The van der Waals surface area contributed by atoms with Crippen LogP contribution in [0.5, 0.6) is 5.75 Å². The molecule has 0 fully saturated rings. The molecule has 0 aliphatic carbocycles. The number of ether oxygens (including phenoxy) is 1. The number of nitrogens with zero attached hydrogens (tertiary/aromatic N) is 1. The molecule has 0 radical (unpaired) electrons. The Morgan fingerprint density at radius 2 is 1.78 bits per heavy atom. The zero-order chi connectivity index (χ0) is 23.7. The van der Waals surface area contributed by atoms with Gasteiger partial charge in [-0.2, -0.15) is 0 Å². The first-order valence-corrected chi connectivity index (χ1v) is 12.3. The molecule has 0 heterocycles. The molecule has 0 spiro atoms. The van der Waals surface area contributed by atoms with Gasteiger partial charge in [0.1, 0.15) is 11.8 Å². The van der Waals surface area contributed by atoms with E-state index in [1.165, 1.54) is 11.8 Å². The highest BCUT2D eigenvalue weighted by Gasteiger charge is 2.26. The third-order valence-electron chi connectivity index (χ3n) is 4.86. The van der Waals surface area contributed by atoms with E-state index < -0.39 is 6.04 Å². The van der Waals surface area contributed by atoms with Gasteiger partial charge in [0.25, 0.3) is 0 Å². The largest absolute Gasteiger partial charge is 0.497 e. The van der Waals surface area contributed by atoms with Gasteiger partial charge in [-0.05, 0) is 48.2 Å². The standard InChI is InChI=1S/C24H30Cl2N2O3S/c1-16(2)12-27-24(30)17(3)28(13-18-5-9-21(31-4)10-6-18)23(29)15-32-14-19-7-8-20(25)11-22(19)26/h5-11,16-17H,12-15H2,1-4H3,(H,27,30). The normalized spacial score (nSPS) is 11.8. The molecule has 0 saturated carbocycles. The van der Waals surface area contributed by atoms with Crippen LogP contribution in [0, 0.1) is 5.92 Å². The van der Waals surface area contributed by atoms with Crippen LogP contribution >= 0.6 is 35.0 Å². The molecular weight excluding hydrogens is 467 g/mol. The van der Waals surface area contributed by atoms with Crippen molar-refractivity contribution >= 4 is 46.8 Å². The number of carbonyl (C=O) groups excluding carboxylic acids is 2. The number of nitrogens with one attached hydrogen (secondary N) is 1. The number of methoxy groups -OCH3 is 1. The van der Waals surface area contributed by atoms with Gasteiger partial charge in [-0.15, -0.1) is 11.8 Å². The highest BCUT2D eigenvalue weighted by Crippen LogP contribution is 2.25. The summed E-state index contributed by atoms with van der Waals surface area (Å²) in [6, 6.07) is 12.2. The van der Waals surface area contributed by atoms with E-state index in [1.807, 2.05) is 44.2 Å². The molecule has 8 heteroatoms. The summed E-state index contributed by atoms with van der Waals surface area (Å²) in [4.78, 5) is 27.4. The van der Waals surface area contributed by atoms with E-state index in [-0.39, 0.29) is 17.6 Å². The zero-order valence-electron chi connectivity index (χ0n) is 18.9. The highest BCUT2D eigenvalue weighted by molar-refractivity contribution is 7.99. The summed E-state index contributed by atoms with van der Waals surface area (Å²) >= 11 is 13.6. The second-order valence-electron chi connectivity index (χ2n) is 7.91. The number of amides is 2. The second kappa shape index (κ2) is 13.0. The summed E-state index contributed by atoms with van der Waals surface area (Å²) in [5, 5.41) is 4.08. The van der Waals surface area contributed by atoms with Gasteiger partial charge in [0.05, 0.1) is 12.9 Å². The molecule has 0 bridgehead atoms. The average Bonchev–Trinajstić information content (AvgIpc) is 2.77. The summed E-state index contributed by atoms with van der Waals surface area (Å²) in [6.07, 6.45) is 0. The first-order chi connectivity index (χ1) is 15.2. The Bertz CT molecular complexity index is 907. The molecule has 2 rings (SSSR count). The molecule has 0 aromatic heterocycles. The summed E-state index contributed by atoms with van der Waals surface area (Å²) in [6.45, 7) is 6.73. The van der Waals surface area contributed by atoms with Crippen molar-refractivity contribution in [2.45, 2.75) is 39.1 Å². The number of hydrogen-bond donors (Lipinski definition) is 1. The number of halogens is 2. The fraction of sp³-hybridized carbons (Fsp3) is 0.417. The van der Waals surface area contributed by atoms with E-state index in [4.69, 9.17) is 27.9 Å². The Hall–Kier alpha value is -1.89. The Balaban J connectivity index is 2.08. The Morgan fingerprint density at radius 3 is 2.38 bits per heavy atom. The predicted octanol–water partition coefficient (Wildman–Crippen LogP) is 5.42. The summed E-state index contributed by atoms with van der Waals surface area (Å²) < 4.78 is 5.21. The van der Waals surface area contributed by atoms with E-state index in [0.717, 1.165) is 16.9 Å². The van der Waals surface area contributed by atoms with E-state index in [0.29, 0.717) is 34.8 Å². The molecule has 174 valence electrons. The minimum absolute atomic E-state index is 0.108. The summed E-state index contributed by atoms with van der Waals surface area (Å²) in [7, 11) is 1.61. The van der Waals surface area contributed by atoms with Crippen molar-refractivity contribution in [3.63, 3.8) is 0 Å². The Kier molecular flexibility index (Phi) is 10.7. The lowest BCUT2D eigenvalue weighted by Gasteiger charge is -2.29. The molecule has 2 aromatic rings. The number of rotatable bonds is 11. The van der Waals surface area contributed by atoms with Crippen LogP contribution in [0.15, 0.2) is 42.5 Å². The van der Waals surface area contributed by atoms with Crippen LogP contribution in [0.2, 0.25) is 10.0 Å². The SMILES string of the molecule is COc1ccc(CN(C(=O)CSCc2ccc(Cl)cc2Cl)C(C)C(=O)NCC(C)C)cc1. The quantitative estimate of drug-likeness (QED) is 0.450. The average molecular weight is 497 g/mol. The first kappa shape index (κ1) is 26.4. The lowest BCUT2D eigenvalue weighted by atomic mass is 10.1. The molecule has 2 aromatic carbocycles. The summed E-state index contributed by atoms with van der Waals surface area (Å²) in [5.74, 6) is 1.61. The molecule has 0 aliphatic rings. The maximum atomic E-state index is 13.1. The molecule has 1 N–H and O–H groups in total. The third-order valence-corrected chi connectivity index (χ3v) is 6.42. The van der Waals surface area contributed by atoms with Crippen molar-refractivity contribution < 1.29 is 14.3 Å². The Labute approximate surface area is 204 Å². The minimum Gasteiger partial charge on any atom is -0.497 e. The number of hydrogen-bond acceptors (Lipinski definition) is 4. The van der Waals surface area contributed by atoms with Crippen molar-refractivity contribution in [1.29, 1.82) is 0 Å². The molecule has 32 heavy (non-hydrogen) atoms. The van der Waals surface area contributed by atoms with E-state index in [9.17, 15) is 9.59 Å². The van der Waals surface area contributed by atoms with Gasteiger partial charge in [0.2, 0.25) is 11.8 Å². The molecule has 0 aliphatic heterocycles. The maximum Gasteiger partial charge on any atom is 0.242 e. The predicted molar refractivity (Wildman–Crippen MR) is 133 cm³/mol. The van der Waals surface area contributed by atoms with E-state index in [2.05, 4.69) is 5.32 Å². The van der Waals surface area contributed by atoms with Crippen LogP contribution in [-0.4, -0.2) is 42.2 Å². The van der Waals surface area contributed by atoms with Crippen molar-refractivity contribution in [3.8, 4) is 5.75 Å². The van der Waals surface area contributed by atoms with Crippen LogP contribution in [0.3, 0.4) is 0 Å². The smallest absolute Gasteiger partial charge is 0.242 e. The topological polar surface area (TPSA) is 58.6 Å². The molecule has 2 amide bonds. The molecule has 0 saturated heterocycles. The first-order valence-electron chi connectivity index (χ1n) is 10.4. The number of thioether (sulfide) groups is 1. The lowest BCUT2D eigenvalue weighted by molar-refractivity contribution is -0.138. The minimum atomic E-state index is -0.594. The lowest BCUT2D eigenvalue weighted by Crippen LogP contribution is -2.48. The molecule has 1 unspecified atom stereocenters. The van der Waals surface area contributed by atoms with Gasteiger partial charge < -0.3 is 15.0 Å². The van der Waals surface area contributed by atoms with Gasteiger partial charge in [0.15, 0.2) is 0 Å². The summed E-state index contributed by atoms with van der Waals surface area (Å²) in [5.41, 5.74) is 1.84. The highest BCUT2D eigenvalue weighted by atomic mass is 35.5. The molecular formula is C24H30Cl2N2O3S. The van der Waals surface area contributed by atoms with Gasteiger partial charge in [0, 0.05) is 28.9 Å². The zero-order valence-corrected chi connectivity index (χ0v) is 21.2.